The van der Waals surface area contributed by atoms with E-state index in [0.29, 0.717) is 24.2 Å². The molecule has 2 aromatic rings. The second kappa shape index (κ2) is 7.25. The number of rotatable bonds is 6. The lowest BCUT2D eigenvalue weighted by atomic mass is 10.1. The van der Waals surface area contributed by atoms with Crippen LogP contribution in [0, 0.1) is 11.8 Å². The molecule has 2 atom stereocenters. The average Bonchev–Trinajstić information content (AvgIpc) is 3.42. The normalized spacial score (nSPS) is 18.3. The van der Waals surface area contributed by atoms with Crippen molar-refractivity contribution < 1.29 is 14.4 Å². The number of aromatic nitrogens is 1. The molecule has 1 fully saturated rings. The predicted molar refractivity (Wildman–Crippen MR) is 92.8 cm³/mol. The van der Waals surface area contributed by atoms with Crippen molar-refractivity contribution in [1.82, 2.24) is 10.3 Å². The summed E-state index contributed by atoms with van der Waals surface area (Å²) in [6.45, 7) is 1.85. The van der Waals surface area contributed by atoms with Crippen LogP contribution in [-0.2, 0) is 16.1 Å². The number of ketones is 1. The smallest absolute Gasteiger partial charge is 0.228 e. The Kier molecular flexibility index (Phi) is 4.88. The molecule has 1 aliphatic rings. The summed E-state index contributed by atoms with van der Waals surface area (Å²) in [6, 6.07) is 12.2. The van der Waals surface area contributed by atoms with Crippen LogP contribution in [0.25, 0.3) is 0 Å². The largest absolute Gasteiger partial charge is 0.350 e. The van der Waals surface area contributed by atoms with E-state index in [2.05, 4.69) is 15.6 Å². The van der Waals surface area contributed by atoms with Crippen LogP contribution in [0.3, 0.4) is 0 Å². The first-order valence-corrected chi connectivity index (χ1v) is 8.14. The van der Waals surface area contributed by atoms with E-state index in [1.165, 1.54) is 6.92 Å². The van der Waals surface area contributed by atoms with E-state index in [4.69, 9.17) is 0 Å². The monoisotopic (exact) mass is 337 g/mol. The van der Waals surface area contributed by atoms with Crippen LogP contribution in [0.2, 0.25) is 0 Å². The van der Waals surface area contributed by atoms with Gasteiger partial charge in [0.25, 0.3) is 0 Å². The molecule has 2 N–H and O–H groups in total. The minimum Gasteiger partial charge on any atom is -0.350 e. The summed E-state index contributed by atoms with van der Waals surface area (Å²) >= 11 is 0. The number of hydrogen-bond donors (Lipinski definition) is 2. The van der Waals surface area contributed by atoms with Gasteiger partial charge in [0.05, 0.1) is 24.1 Å². The van der Waals surface area contributed by atoms with Gasteiger partial charge in [-0.25, -0.2) is 0 Å². The van der Waals surface area contributed by atoms with Crippen LogP contribution < -0.4 is 10.6 Å². The zero-order valence-electron chi connectivity index (χ0n) is 13.9. The van der Waals surface area contributed by atoms with Crippen molar-refractivity contribution in [2.45, 2.75) is 19.9 Å². The minimum atomic E-state index is -0.309. The Balaban J connectivity index is 1.48. The highest BCUT2D eigenvalue weighted by Crippen LogP contribution is 2.39. The predicted octanol–water partition coefficient (Wildman–Crippen LogP) is 2.18. The standard InChI is InChI=1S/C19H19N3O3/c1-12(23)13-5-7-14(8-6-13)22-19(25)17-10-16(17)18(24)21-11-15-4-2-3-9-20-15/h2-9,16-17H,10-11H2,1H3,(H,21,24)(H,22,25). The number of anilines is 1. The molecular formula is C19H19N3O3. The molecule has 1 aliphatic carbocycles. The summed E-state index contributed by atoms with van der Waals surface area (Å²) < 4.78 is 0. The van der Waals surface area contributed by atoms with Gasteiger partial charge in [-0.3, -0.25) is 19.4 Å². The molecule has 0 aliphatic heterocycles. The van der Waals surface area contributed by atoms with E-state index in [1.807, 2.05) is 18.2 Å². The molecule has 2 amide bonds. The van der Waals surface area contributed by atoms with Gasteiger partial charge >= 0.3 is 0 Å². The van der Waals surface area contributed by atoms with Gasteiger partial charge in [-0.05, 0) is 49.7 Å². The van der Waals surface area contributed by atoms with Crippen molar-refractivity contribution in [2.24, 2.45) is 11.8 Å². The maximum Gasteiger partial charge on any atom is 0.228 e. The fraction of sp³-hybridized carbons (Fsp3) is 0.263. The summed E-state index contributed by atoms with van der Waals surface area (Å²) in [5.74, 6) is -0.924. The summed E-state index contributed by atoms with van der Waals surface area (Å²) in [5, 5.41) is 5.60. The van der Waals surface area contributed by atoms with Gasteiger partial charge in [0, 0.05) is 17.4 Å². The lowest BCUT2D eigenvalue weighted by molar-refractivity contribution is -0.125. The number of benzene rings is 1. The maximum absolute atomic E-state index is 12.2. The van der Waals surface area contributed by atoms with Gasteiger partial charge in [0.15, 0.2) is 5.78 Å². The second-order valence-electron chi connectivity index (χ2n) is 6.11. The fourth-order valence-corrected chi connectivity index (χ4v) is 2.61. The molecule has 2 unspecified atom stereocenters. The number of pyridine rings is 1. The van der Waals surface area contributed by atoms with Crippen LogP contribution in [0.4, 0.5) is 5.69 Å². The SMILES string of the molecule is CC(=O)c1ccc(NC(=O)C2CC2C(=O)NCc2ccccn2)cc1. The topological polar surface area (TPSA) is 88.2 Å². The number of amides is 2. The fourth-order valence-electron chi connectivity index (χ4n) is 2.61. The van der Waals surface area contributed by atoms with E-state index in [0.717, 1.165) is 5.69 Å². The summed E-state index contributed by atoms with van der Waals surface area (Å²) in [4.78, 5) is 39.7. The number of nitrogens with zero attached hydrogens (tertiary/aromatic N) is 1. The Labute approximate surface area is 145 Å². The highest BCUT2D eigenvalue weighted by Gasteiger charge is 2.47. The second-order valence-corrected chi connectivity index (χ2v) is 6.11. The average molecular weight is 337 g/mol. The molecule has 1 heterocycles. The molecule has 3 rings (SSSR count). The van der Waals surface area contributed by atoms with Gasteiger partial charge in [0.1, 0.15) is 0 Å². The number of Topliss-reactive ketones (excluding diaryl/α,β-unsaturated/α-hetero) is 1. The van der Waals surface area contributed by atoms with E-state index in [-0.39, 0.29) is 29.4 Å². The highest BCUT2D eigenvalue weighted by atomic mass is 16.2. The zero-order chi connectivity index (χ0) is 17.8. The van der Waals surface area contributed by atoms with Crippen molar-refractivity contribution in [3.8, 4) is 0 Å². The van der Waals surface area contributed by atoms with Crippen molar-refractivity contribution in [1.29, 1.82) is 0 Å². The van der Waals surface area contributed by atoms with Crippen LogP contribution in [0.15, 0.2) is 48.7 Å². The number of hydrogen-bond acceptors (Lipinski definition) is 4. The zero-order valence-corrected chi connectivity index (χ0v) is 13.9. The summed E-state index contributed by atoms with van der Waals surface area (Å²) in [6.07, 6.45) is 2.22. The molecule has 0 saturated heterocycles. The molecular weight excluding hydrogens is 318 g/mol. The quantitative estimate of drug-likeness (QED) is 0.791. The third-order valence-corrected chi connectivity index (χ3v) is 4.19. The van der Waals surface area contributed by atoms with E-state index in [1.54, 1.807) is 30.5 Å². The van der Waals surface area contributed by atoms with E-state index < -0.39 is 0 Å². The molecule has 1 aromatic carbocycles. The van der Waals surface area contributed by atoms with Crippen LogP contribution in [0.1, 0.15) is 29.4 Å². The van der Waals surface area contributed by atoms with Gasteiger partial charge in [0.2, 0.25) is 11.8 Å². The molecule has 25 heavy (non-hydrogen) atoms. The van der Waals surface area contributed by atoms with Crippen LogP contribution in [-0.4, -0.2) is 22.6 Å². The Morgan fingerprint density at radius 1 is 1.04 bits per heavy atom. The molecule has 1 saturated carbocycles. The van der Waals surface area contributed by atoms with Crippen molar-refractivity contribution in [3.63, 3.8) is 0 Å². The van der Waals surface area contributed by atoms with Crippen molar-refractivity contribution >= 4 is 23.3 Å². The molecule has 1 aromatic heterocycles. The van der Waals surface area contributed by atoms with Gasteiger partial charge in [-0.1, -0.05) is 6.07 Å². The Bertz CT molecular complexity index is 787. The maximum atomic E-state index is 12.2. The molecule has 0 bridgehead atoms. The Hall–Kier alpha value is -3.02. The van der Waals surface area contributed by atoms with E-state index in [9.17, 15) is 14.4 Å². The van der Waals surface area contributed by atoms with Gasteiger partial charge < -0.3 is 10.6 Å². The number of carbonyl (C=O) groups excluding carboxylic acids is 3. The highest BCUT2D eigenvalue weighted by molar-refractivity contribution is 6.00. The Morgan fingerprint density at radius 2 is 1.76 bits per heavy atom. The van der Waals surface area contributed by atoms with Gasteiger partial charge in [-0.2, -0.15) is 0 Å². The first kappa shape index (κ1) is 16.8. The lowest BCUT2D eigenvalue weighted by Crippen LogP contribution is -2.27. The Morgan fingerprint density at radius 3 is 2.40 bits per heavy atom. The first-order valence-electron chi connectivity index (χ1n) is 8.14. The van der Waals surface area contributed by atoms with Gasteiger partial charge in [-0.15, -0.1) is 0 Å². The summed E-state index contributed by atoms with van der Waals surface area (Å²) in [7, 11) is 0. The van der Waals surface area contributed by atoms with Crippen molar-refractivity contribution in [2.75, 3.05) is 5.32 Å². The molecule has 6 heteroatoms. The third kappa shape index (κ3) is 4.29. The summed E-state index contributed by atoms with van der Waals surface area (Å²) in [5.41, 5.74) is 1.99. The van der Waals surface area contributed by atoms with E-state index >= 15 is 0 Å². The number of carbonyl (C=O) groups is 3. The minimum absolute atomic E-state index is 0.0234. The molecule has 6 nitrogen and oxygen atoms in total. The first-order chi connectivity index (χ1) is 12.0. The van der Waals surface area contributed by atoms with Crippen LogP contribution >= 0.6 is 0 Å². The third-order valence-electron chi connectivity index (χ3n) is 4.19. The molecule has 0 spiro atoms. The molecule has 128 valence electrons. The lowest BCUT2D eigenvalue weighted by Gasteiger charge is -2.06. The van der Waals surface area contributed by atoms with Crippen molar-refractivity contribution in [3.05, 3.63) is 59.9 Å². The number of nitrogens with one attached hydrogen (secondary N) is 2. The molecule has 0 radical (unpaired) electrons. The van der Waals surface area contributed by atoms with Crippen LogP contribution in [0.5, 0.6) is 0 Å².